The summed E-state index contributed by atoms with van der Waals surface area (Å²) >= 11 is 0. The van der Waals surface area contributed by atoms with Crippen LogP contribution in [0.25, 0.3) is 10.9 Å². The highest BCUT2D eigenvalue weighted by Gasteiger charge is 2.21. The molecule has 0 saturated heterocycles. The number of aryl methyl sites for hydroxylation is 1. The number of carbonyl (C=O) groups excluding carboxylic acids is 2. The van der Waals surface area contributed by atoms with E-state index in [0.717, 1.165) is 12.0 Å². The van der Waals surface area contributed by atoms with Gasteiger partial charge in [-0.05, 0) is 36.2 Å². The zero-order chi connectivity index (χ0) is 16.4. The third kappa shape index (κ3) is 2.85. The van der Waals surface area contributed by atoms with Crippen LogP contribution in [-0.2, 0) is 11.2 Å². The first-order valence-electron chi connectivity index (χ1n) is 7.30. The molecule has 116 valence electrons. The number of hydrogen-bond acceptors (Lipinski definition) is 2. The SMILES string of the molecule is CCc1ccccc1NC(=O)C(=O)c1c[nH]c2ccc(F)cc12. The second-order valence-electron chi connectivity index (χ2n) is 5.19. The maximum Gasteiger partial charge on any atom is 0.296 e. The average Bonchev–Trinajstić information content (AvgIpc) is 2.97. The maximum absolute atomic E-state index is 13.4. The van der Waals surface area contributed by atoms with Crippen LogP contribution in [0, 0.1) is 5.82 Å². The fourth-order valence-corrected chi connectivity index (χ4v) is 2.53. The Kier molecular flexibility index (Phi) is 3.93. The second-order valence-corrected chi connectivity index (χ2v) is 5.19. The van der Waals surface area contributed by atoms with Crippen molar-refractivity contribution < 1.29 is 14.0 Å². The molecule has 0 saturated carbocycles. The molecule has 0 spiro atoms. The minimum atomic E-state index is -0.740. The molecule has 4 nitrogen and oxygen atoms in total. The summed E-state index contributed by atoms with van der Waals surface area (Å²) in [5, 5.41) is 3.03. The number of aromatic amines is 1. The molecule has 1 amide bonds. The largest absolute Gasteiger partial charge is 0.360 e. The molecule has 1 heterocycles. The van der Waals surface area contributed by atoms with Crippen molar-refractivity contribution in [3.8, 4) is 0 Å². The summed E-state index contributed by atoms with van der Waals surface area (Å²) in [6.45, 7) is 1.97. The fraction of sp³-hybridized carbons (Fsp3) is 0.111. The molecular formula is C18H15FN2O2. The Morgan fingerprint density at radius 1 is 1.17 bits per heavy atom. The van der Waals surface area contributed by atoms with Gasteiger partial charge in [0.05, 0.1) is 5.56 Å². The summed E-state index contributed by atoms with van der Waals surface area (Å²) in [6.07, 6.45) is 2.17. The van der Waals surface area contributed by atoms with E-state index in [-0.39, 0.29) is 5.56 Å². The lowest BCUT2D eigenvalue weighted by Crippen LogP contribution is -2.23. The van der Waals surface area contributed by atoms with Crippen molar-refractivity contribution in [1.82, 2.24) is 4.98 Å². The molecule has 0 unspecified atom stereocenters. The zero-order valence-corrected chi connectivity index (χ0v) is 12.5. The van der Waals surface area contributed by atoms with Gasteiger partial charge in [-0.2, -0.15) is 0 Å². The molecule has 2 N–H and O–H groups in total. The molecule has 3 rings (SSSR count). The first-order valence-corrected chi connectivity index (χ1v) is 7.30. The van der Waals surface area contributed by atoms with Crippen LogP contribution in [-0.4, -0.2) is 16.7 Å². The summed E-state index contributed by atoms with van der Waals surface area (Å²) in [7, 11) is 0. The third-order valence-corrected chi connectivity index (χ3v) is 3.74. The average molecular weight is 310 g/mol. The molecule has 0 bridgehead atoms. The highest BCUT2D eigenvalue weighted by Crippen LogP contribution is 2.21. The second kappa shape index (κ2) is 6.04. The molecule has 0 aliphatic carbocycles. The van der Waals surface area contributed by atoms with Crippen LogP contribution in [0.5, 0.6) is 0 Å². The number of carbonyl (C=O) groups is 2. The molecule has 3 aromatic rings. The number of hydrogen-bond donors (Lipinski definition) is 2. The molecule has 0 radical (unpaired) electrons. The summed E-state index contributed by atoms with van der Waals surface area (Å²) in [4.78, 5) is 27.5. The summed E-state index contributed by atoms with van der Waals surface area (Å²) in [5.41, 5.74) is 2.32. The van der Waals surface area contributed by atoms with Gasteiger partial charge in [0.15, 0.2) is 0 Å². The highest BCUT2D eigenvalue weighted by molar-refractivity contribution is 6.48. The van der Waals surface area contributed by atoms with Crippen LogP contribution in [0.4, 0.5) is 10.1 Å². The monoisotopic (exact) mass is 310 g/mol. The number of benzene rings is 2. The van der Waals surface area contributed by atoms with Crippen molar-refractivity contribution in [2.45, 2.75) is 13.3 Å². The number of H-pyrrole nitrogens is 1. The van der Waals surface area contributed by atoms with Crippen LogP contribution in [0.1, 0.15) is 22.8 Å². The molecule has 23 heavy (non-hydrogen) atoms. The van der Waals surface area contributed by atoms with Crippen LogP contribution in [0.2, 0.25) is 0 Å². The highest BCUT2D eigenvalue weighted by atomic mass is 19.1. The van der Waals surface area contributed by atoms with Crippen LogP contribution in [0.3, 0.4) is 0 Å². The lowest BCUT2D eigenvalue weighted by molar-refractivity contribution is -0.112. The first kappa shape index (κ1) is 15.0. The Morgan fingerprint density at radius 3 is 2.74 bits per heavy atom. The molecule has 5 heteroatoms. The third-order valence-electron chi connectivity index (χ3n) is 3.74. The van der Waals surface area contributed by atoms with E-state index in [2.05, 4.69) is 10.3 Å². The Morgan fingerprint density at radius 2 is 1.96 bits per heavy atom. The van der Waals surface area contributed by atoms with Gasteiger partial charge in [0, 0.05) is 22.8 Å². The number of Topliss-reactive ketones (excluding diaryl/α,β-unsaturated/α-hetero) is 1. The summed E-state index contributed by atoms with van der Waals surface area (Å²) < 4.78 is 13.4. The van der Waals surface area contributed by atoms with Gasteiger partial charge in [0.1, 0.15) is 5.82 Å². The quantitative estimate of drug-likeness (QED) is 0.570. The predicted molar refractivity (Wildman–Crippen MR) is 87.0 cm³/mol. The Labute approximate surface area is 132 Å². The van der Waals surface area contributed by atoms with E-state index < -0.39 is 17.5 Å². The van der Waals surface area contributed by atoms with Crippen molar-refractivity contribution in [2.24, 2.45) is 0 Å². The van der Waals surface area contributed by atoms with Crippen molar-refractivity contribution in [3.63, 3.8) is 0 Å². The van der Waals surface area contributed by atoms with Gasteiger partial charge in [-0.25, -0.2) is 4.39 Å². The molecule has 0 aliphatic rings. The fourth-order valence-electron chi connectivity index (χ4n) is 2.53. The Hall–Kier alpha value is -2.95. The van der Waals surface area contributed by atoms with Crippen LogP contribution in [0.15, 0.2) is 48.7 Å². The molecular weight excluding hydrogens is 295 g/mol. The summed E-state index contributed by atoms with van der Waals surface area (Å²) in [6, 6.07) is 11.4. The first-order chi connectivity index (χ1) is 11.1. The minimum Gasteiger partial charge on any atom is -0.360 e. The van der Waals surface area contributed by atoms with E-state index in [4.69, 9.17) is 0 Å². The number of fused-ring (bicyclic) bond motifs is 1. The molecule has 2 aromatic carbocycles. The van der Waals surface area contributed by atoms with E-state index in [9.17, 15) is 14.0 Å². The normalized spacial score (nSPS) is 10.7. The van der Waals surface area contributed by atoms with E-state index in [1.165, 1.54) is 24.4 Å². The number of anilines is 1. The summed E-state index contributed by atoms with van der Waals surface area (Å²) in [5.74, 6) is -1.90. The molecule has 0 atom stereocenters. The van der Waals surface area contributed by atoms with Crippen molar-refractivity contribution in [1.29, 1.82) is 0 Å². The number of para-hydroxylation sites is 1. The number of nitrogens with one attached hydrogen (secondary N) is 2. The Balaban J connectivity index is 1.90. The number of rotatable bonds is 4. The number of amides is 1. The van der Waals surface area contributed by atoms with Crippen LogP contribution >= 0.6 is 0 Å². The number of ketones is 1. The van der Waals surface area contributed by atoms with E-state index in [1.807, 2.05) is 19.1 Å². The van der Waals surface area contributed by atoms with Gasteiger partial charge >= 0.3 is 0 Å². The van der Waals surface area contributed by atoms with Crippen molar-refractivity contribution in [3.05, 3.63) is 65.6 Å². The van der Waals surface area contributed by atoms with E-state index >= 15 is 0 Å². The van der Waals surface area contributed by atoms with Gasteiger partial charge in [-0.1, -0.05) is 25.1 Å². The van der Waals surface area contributed by atoms with Gasteiger partial charge < -0.3 is 10.3 Å². The lowest BCUT2D eigenvalue weighted by Gasteiger charge is -2.08. The van der Waals surface area contributed by atoms with Crippen LogP contribution < -0.4 is 5.32 Å². The van der Waals surface area contributed by atoms with E-state index in [0.29, 0.717) is 16.6 Å². The molecule has 1 aromatic heterocycles. The minimum absolute atomic E-state index is 0.158. The van der Waals surface area contributed by atoms with Gasteiger partial charge in [-0.15, -0.1) is 0 Å². The van der Waals surface area contributed by atoms with E-state index in [1.54, 1.807) is 12.1 Å². The predicted octanol–water partition coefficient (Wildman–Crippen LogP) is 3.69. The topological polar surface area (TPSA) is 62.0 Å². The van der Waals surface area contributed by atoms with Gasteiger partial charge in [-0.3, -0.25) is 9.59 Å². The lowest BCUT2D eigenvalue weighted by atomic mass is 10.1. The zero-order valence-electron chi connectivity index (χ0n) is 12.5. The molecule has 0 fully saturated rings. The maximum atomic E-state index is 13.4. The van der Waals surface area contributed by atoms with Crippen molar-refractivity contribution in [2.75, 3.05) is 5.32 Å². The van der Waals surface area contributed by atoms with Gasteiger partial charge in [0.25, 0.3) is 11.7 Å². The number of aromatic nitrogens is 1. The van der Waals surface area contributed by atoms with Gasteiger partial charge in [0.2, 0.25) is 0 Å². The smallest absolute Gasteiger partial charge is 0.296 e. The number of halogens is 1. The molecule has 0 aliphatic heterocycles. The van der Waals surface area contributed by atoms with Crippen molar-refractivity contribution >= 4 is 28.3 Å². The Bertz CT molecular complexity index is 899. The standard InChI is InChI=1S/C18H15FN2O2/c1-2-11-5-3-4-6-15(11)21-18(23)17(22)14-10-20-16-8-7-12(19)9-13(14)16/h3-10,20H,2H2,1H3,(H,21,23).